The van der Waals surface area contributed by atoms with Gasteiger partial charge in [0.15, 0.2) is 5.65 Å². The van der Waals surface area contributed by atoms with Crippen LogP contribution in [0.5, 0.6) is 0 Å². The molecule has 2 aromatic heterocycles. The maximum atomic E-state index is 13.6. The number of rotatable bonds is 6. The van der Waals surface area contributed by atoms with Crippen molar-refractivity contribution in [1.29, 1.82) is 0 Å². The minimum atomic E-state index is -3.82. The number of likely N-dealkylation sites (tertiary alicyclic amines) is 1. The van der Waals surface area contributed by atoms with Gasteiger partial charge >= 0.3 is 0 Å². The van der Waals surface area contributed by atoms with Crippen LogP contribution in [-0.4, -0.2) is 41.9 Å². The number of fused-ring (bicyclic) bond motifs is 1. The lowest BCUT2D eigenvalue weighted by Crippen LogP contribution is -2.21. The summed E-state index contributed by atoms with van der Waals surface area (Å²) >= 11 is 3.55. The summed E-state index contributed by atoms with van der Waals surface area (Å²) in [6.45, 7) is 3.45. The molecule has 3 heterocycles. The molecule has 0 N–H and O–H groups in total. The van der Waals surface area contributed by atoms with Gasteiger partial charge in [-0.1, -0.05) is 42.5 Å². The molecular weight excluding hydrogens is 486 g/mol. The van der Waals surface area contributed by atoms with Gasteiger partial charge in [0, 0.05) is 22.6 Å². The van der Waals surface area contributed by atoms with E-state index in [-0.39, 0.29) is 4.90 Å². The first-order chi connectivity index (χ1) is 15.5. The lowest BCUT2D eigenvalue weighted by Gasteiger charge is -2.15. The Kier molecular flexibility index (Phi) is 5.88. The molecule has 2 aromatic carbocycles. The van der Waals surface area contributed by atoms with Gasteiger partial charge in [-0.2, -0.15) is 0 Å². The number of benzene rings is 2. The van der Waals surface area contributed by atoms with Crippen molar-refractivity contribution >= 4 is 37.0 Å². The average molecular weight is 510 g/mol. The van der Waals surface area contributed by atoms with Crippen LogP contribution in [0.1, 0.15) is 18.4 Å². The van der Waals surface area contributed by atoms with Crippen molar-refractivity contribution in [3.8, 4) is 11.3 Å². The van der Waals surface area contributed by atoms with Crippen LogP contribution in [0.3, 0.4) is 0 Å². The Labute approximate surface area is 196 Å². The summed E-state index contributed by atoms with van der Waals surface area (Å²) in [5.74, 6) is 0. The van der Waals surface area contributed by atoms with Crippen molar-refractivity contribution in [1.82, 2.24) is 13.9 Å². The second-order valence-corrected chi connectivity index (χ2v) is 10.8. The van der Waals surface area contributed by atoms with Crippen LogP contribution in [0.2, 0.25) is 0 Å². The standard InChI is InChI=1S/C25H24BrN3O2S/c26-23-12-14-27-25-22(23)18-24(29(25)32(30,31)21-6-2-1-3-7-21)20-10-8-19(9-11-20)13-17-28-15-4-5-16-28/h1-3,6-12,14,18H,4-5,13,15-17H2. The van der Waals surface area contributed by atoms with Crippen LogP contribution in [0.15, 0.2) is 82.3 Å². The molecule has 0 atom stereocenters. The zero-order valence-corrected chi connectivity index (χ0v) is 20.0. The normalized spacial score (nSPS) is 14.9. The molecule has 0 radical (unpaired) electrons. The van der Waals surface area contributed by atoms with E-state index in [9.17, 15) is 8.42 Å². The van der Waals surface area contributed by atoms with Crippen molar-refractivity contribution in [2.45, 2.75) is 24.2 Å². The van der Waals surface area contributed by atoms with E-state index in [0.29, 0.717) is 11.3 Å². The lowest BCUT2D eigenvalue weighted by molar-refractivity contribution is 0.343. The van der Waals surface area contributed by atoms with E-state index in [1.54, 1.807) is 30.5 Å². The monoisotopic (exact) mass is 509 g/mol. The zero-order chi connectivity index (χ0) is 22.1. The number of hydrogen-bond donors (Lipinski definition) is 0. The predicted molar refractivity (Wildman–Crippen MR) is 131 cm³/mol. The van der Waals surface area contributed by atoms with E-state index in [1.807, 2.05) is 30.3 Å². The first-order valence-electron chi connectivity index (χ1n) is 10.8. The molecule has 1 aliphatic rings. The first kappa shape index (κ1) is 21.4. The molecule has 0 amide bonds. The van der Waals surface area contributed by atoms with Gasteiger partial charge in [0.2, 0.25) is 0 Å². The quantitative estimate of drug-likeness (QED) is 0.352. The predicted octanol–water partition coefficient (Wildman–Crippen LogP) is 5.34. The van der Waals surface area contributed by atoms with E-state index in [4.69, 9.17) is 0 Å². The number of hydrogen-bond acceptors (Lipinski definition) is 4. The molecule has 0 saturated carbocycles. The largest absolute Gasteiger partial charge is 0.303 e. The van der Waals surface area contributed by atoms with Crippen molar-refractivity contribution in [2.75, 3.05) is 19.6 Å². The first-order valence-corrected chi connectivity index (χ1v) is 13.1. The van der Waals surface area contributed by atoms with E-state index in [2.05, 4.69) is 37.9 Å². The summed E-state index contributed by atoms with van der Waals surface area (Å²) in [4.78, 5) is 7.16. The molecule has 0 bridgehead atoms. The van der Waals surface area contributed by atoms with Gasteiger partial charge in [-0.3, -0.25) is 0 Å². The van der Waals surface area contributed by atoms with Crippen molar-refractivity contribution in [3.63, 3.8) is 0 Å². The fraction of sp³-hybridized carbons (Fsp3) is 0.240. The van der Waals surface area contributed by atoms with Crippen molar-refractivity contribution < 1.29 is 8.42 Å². The third kappa shape index (κ3) is 4.00. The van der Waals surface area contributed by atoms with Gasteiger partial charge in [-0.25, -0.2) is 17.4 Å². The number of pyridine rings is 1. The molecule has 4 aromatic rings. The van der Waals surface area contributed by atoms with E-state index in [1.165, 1.54) is 35.5 Å². The highest BCUT2D eigenvalue weighted by Crippen LogP contribution is 2.34. The van der Waals surface area contributed by atoms with Gasteiger partial charge in [0.1, 0.15) is 0 Å². The summed E-state index contributed by atoms with van der Waals surface area (Å²) in [6, 6.07) is 20.5. The Morgan fingerprint density at radius 1 is 0.938 bits per heavy atom. The smallest absolute Gasteiger partial charge is 0.269 e. The molecule has 32 heavy (non-hydrogen) atoms. The number of aromatic nitrogens is 2. The minimum Gasteiger partial charge on any atom is -0.303 e. The molecule has 1 saturated heterocycles. The maximum absolute atomic E-state index is 13.6. The third-order valence-electron chi connectivity index (χ3n) is 6.05. The van der Waals surface area contributed by atoms with Crippen LogP contribution < -0.4 is 0 Å². The lowest BCUT2D eigenvalue weighted by atomic mass is 10.1. The highest BCUT2D eigenvalue weighted by molar-refractivity contribution is 9.10. The Morgan fingerprint density at radius 3 is 2.38 bits per heavy atom. The van der Waals surface area contributed by atoms with E-state index in [0.717, 1.165) is 28.4 Å². The van der Waals surface area contributed by atoms with E-state index < -0.39 is 10.0 Å². The fourth-order valence-electron chi connectivity index (χ4n) is 4.32. The molecular formula is C25H24BrN3O2S. The molecule has 1 fully saturated rings. The van der Waals surface area contributed by atoms with Crippen molar-refractivity contribution in [3.05, 3.63) is 83.0 Å². The fourth-order valence-corrected chi connectivity index (χ4v) is 6.23. The van der Waals surface area contributed by atoms with Gasteiger partial charge in [0.25, 0.3) is 10.0 Å². The highest BCUT2D eigenvalue weighted by atomic mass is 79.9. The highest BCUT2D eigenvalue weighted by Gasteiger charge is 2.25. The van der Waals surface area contributed by atoms with Gasteiger partial charge in [-0.05, 0) is 83.7 Å². The third-order valence-corrected chi connectivity index (χ3v) is 8.46. The Morgan fingerprint density at radius 2 is 1.66 bits per heavy atom. The van der Waals surface area contributed by atoms with Crippen LogP contribution in [-0.2, 0) is 16.4 Å². The average Bonchev–Trinajstić information content (AvgIpc) is 3.47. The summed E-state index contributed by atoms with van der Waals surface area (Å²) in [6.07, 6.45) is 5.21. The molecule has 0 unspecified atom stereocenters. The molecule has 7 heteroatoms. The van der Waals surface area contributed by atoms with Crippen LogP contribution in [0.4, 0.5) is 0 Å². The number of halogens is 1. The minimum absolute atomic E-state index is 0.239. The second kappa shape index (κ2) is 8.81. The molecule has 0 spiro atoms. The maximum Gasteiger partial charge on any atom is 0.269 e. The molecule has 1 aliphatic heterocycles. The topological polar surface area (TPSA) is 55.2 Å². The van der Waals surface area contributed by atoms with E-state index >= 15 is 0 Å². The van der Waals surface area contributed by atoms with Crippen molar-refractivity contribution in [2.24, 2.45) is 0 Å². The van der Waals surface area contributed by atoms with Gasteiger partial charge in [0.05, 0.1) is 10.6 Å². The Hall–Kier alpha value is -2.48. The van der Waals surface area contributed by atoms with Crippen LogP contribution >= 0.6 is 15.9 Å². The Bertz CT molecular complexity index is 1340. The number of nitrogens with zero attached hydrogens (tertiary/aromatic N) is 3. The van der Waals surface area contributed by atoms with Gasteiger partial charge < -0.3 is 4.90 Å². The Balaban J connectivity index is 1.57. The molecule has 164 valence electrons. The summed E-state index contributed by atoms with van der Waals surface area (Å²) in [5.41, 5.74) is 3.12. The van der Waals surface area contributed by atoms with Crippen LogP contribution in [0.25, 0.3) is 22.3 Å². The summed E-state index contributed by atoms with van der Waals surface area (Å²) < 4.78 is 29.4. The van der Waals surface area contributed by atoms with Crippen LogP contribution in [0, 0.1) is 0 Å². The van der Waals surface area contributed by atoms with Gasteiger partial charge in [-0.15, -0.1) is 0 Å². The molecule has 0 aliphatic carbocycles. The molecule has 5 nitrogen and oxygen atoms in total. The summed E-state index contributed by atoms with van der Waals surface area (Å²) in [5, 5.41) is 0.764. The second-order valence-electron chi connectivity index (χ2n) is 8.14. The SMILES string of the molecule is O=S(=O)(c1ccccc1)n1c(-c2ccc(CCN3CCCC3)cc2)cc2c(Br)ccnc21. The zero-order valence-electron chi connectivity index (χ0n) is 17.6. The summed E-state index contributed by atoms with van der Waals surface area (Å²) in [7, 11) is -3.82. The molecule has 5 rings (SSSR count).